The van der Waals surface area contributed by atoms with Crippen LogP contribution in [0.4, 0.5) is 4.79 Å². The van der Waals surface area contributed by atoms with Gasteiger partial charge in [0.2, 0.25) is 5.91 Å². The molecule has 9 nitrogen and oxygen atoms in total. The number of nitrogens with two attached hydrogens (primary N) is 1. The lowest BCUT2D eigenvalue weighted by atomic mass is 10.0. The molecule has 0 aromatic heterocycles. The first kappa shape index (κ1) is 34.8. The van der Waals surface area contributed by atoms with Gasteiger partial charge in [-0.15, -0.1) is 0 Å². The number of carboxylic acids is 1. The Bertz CT molecular complexity index is 692. The van der Waals surface area contributed by atoms with E-state index in [0.717, 1.165) is 75.5 Å². The summed E-state index contributed by atoms with van der Waals surface area (Å²) < 4.78 is 5.32. The summed E-state index contributed by atoms with van der Waals surface area (Å²) in [5.41, 5.74) is 5.36. The maximum Gasteiger partial charge on any atom is 0.408 e. The van der Waals surface area contributed by atoms with E-state index in [1.807, 2.05) is 0 Å². The molecule has 0 aliphatic heterocycles. The lowest BCUT2D eigenvalue weighted by molar-refractivity contribution is -0.159. The Hall–Kier alpha value is -2.16. The molecule has 0 fully saturated rings. The molecule has 3 unspecified atom stereocenters. The average Bonchev–Trinajstić information content (AvgIpc) is 2.81. The standard InChI is InChI=1S/C28H53N3O6/c1-7-9-11-13-15-17-19-22(29)24(32)31(21(3)26(34)35)25(33)23(20-18-16-14-12-10-8-2)30-27(36)37-28(4,5)6/h21-23H,7-20,29H2,1-6H3,(H,30,36)(H,34,35). The number of aliphatic carboxylic acids is 1. The van der Waals surface area contributed by atoms with Crippen molar-refractivity contribution in [2.24, 2.45) is 5.73 Å². The molecule has 0 aromatic rings. The number of amides is 3. The van der Waals surface area contributed by atoms with Gasteiger partial charge < -0.3 is 20.9 Å². The van der Waals surface area contributed by atoms with Crippen molar-refractivity contribution in [1.29, 1.82) is 0 Å². The molecule has 0 rings (SSSR count). The number of hydrogen-bond acceptors (Lipinski definition) is 6. The van der Waals surface area contributed by atoms with Crippen molar-refractivity contribution in [3.63, 3.8) is 0 Å². The van der Waals surface area contributed by atoms with E-state index >= 15 is 0 Å². The van der Waals surface area contributed by atoms with Crippen LogP contribution in [0.25, 0.3) is 0 Å². The summed E-state index contributed by atoms with van der Waals surface area (Å²) in [6.07, 6.45) is 11.8. The van der Waals surface area contributed by atoms with E-state index in [9.17, 15) is 24.3 Å². The number of nitrogens with one attached hydrogen (secondary N) is 1. The second-order valence-electron chi connectivity index (χ2n) is 11.0. The zero-order valence-electron chi connectivity index (χ0n) is 24.1. The van der Waals surface area contributed by atoms with Gasteiger partial charge >= 0.3 is 12.1 Å². The van der Waals surface area contributed by atoms with Gasteiger partial charge in [-0.05, 0) is 40.5 Å². The molecule has 37 heavy (non-hydrogen) atoms. The Kier molecular flexibility index (Phi) is 17.9. The Morgan fingerprint density at radius 1 is 0.811 bits per heavy atom. The van der Waals surface area contributed by atoms with E-state index in [1.165, 1.54) is 6.92 Å². The molecule has 0 heterocycles. The number of imide groups is 1. The van der Waals surface area contributed by atoms with Gasteiger partial charge in [0.05, 0.1) is 6.04 Å². The largest absolute Gasteiger partial charge is 0.480 e. The Balaban J connectivity index is 5.53. The van der Waals surface area contributed by atoms with E-state index in [-0.39, 0.29) is 6.42 Å². The van der Waals surface area contributed by atoms with Gasteiger partial charge in [0.25, 0.3) is 5.91 Å². The van der Waals surface area contributed by atoms with Crippen molar-refractivity contribution in [1.82, 2.24) is 10.2 Å². The third-order valence-electron chi connectivity index (χ3n) is 6.24. The summed E-state index contributed by atoms with van der Waals surface area (Å²) in [4.78, 5) is 51.9. The number of carbonyl (C=O) groups is 4. The lowest BCUT2D eigenvalue weighted by Gasteiger charge is -2.31. The van der Waals surface area contributed by atoms with Gasteiger partial charge in [-0.3, -0.25) is 14.5 Å². The number of rotatable bonds is 19. The van der Waals surface area contributed by atoms with Gasteiger partial charge in [-0.1, -0.05) is 90.9 Å². The van der Waals surface area contributed by atoms with Crippen LogP contribution in [0.2, 0.25) is 0 Å². The molecule has 0 aromatic carbocycles. The van der Waals surface area contributed by atoms with Crippen LogP contribution >= 0.6 is 0 Å². The van der Waals surface area contributed by atoms with E-state index in [2.05, 4.69) is 19.2 Å². The fourth-order valence-electron chi connectivity index (χ4n) is 4.05. The summed E-state index contributed by atoms with van der Waals surface area (Å²) in [5, 5.41) is 12.2. The monoisotopic (exact) mass is 527 g/mol. The van der Waals surface area contributed by atoms with Crippen LogP contribution in [-0.2, 0) is 19.1 Å². The van der Waals surface area contributed by atoms with Crippen molar-refractivity contribution in [2.75, 3.05) is 0 Å². The lowest BCUT2D eigenvalue weighted by Crippen LogP contribution is -2.59. The smallest absolute Gasteiger partial charge is 0.408 e. The van der Waals surface area contributed by atoms with Crippen LogP contribution in [0, 0.1) is 0 Å². The van der Waals surface area contributed by atoms with Gasteiger partial charge in [0, 0.05) is 0 Å². The molecule has 0 aliphatic rings. The number of alkyl carbamates (subject to hydrolysis) is 1. The van der Waals surface area contributed by atoms with Crippen LogP contribution < -0.4 is 11.1 Å². The highest BCUT2D eigenvalue weighted by Gasteiger charge is 2.38. The molecular weight excluding hydrogens is 474 g/mol. The van der Waals surface area contributed by atoms with Gasteiger partial charge in [0.1, 0.15) is 17.7 Å². The molecule has 0 bridgehead atoms. The van der Waals surface area contributed by atoms with Crippen LogP contribution in [0.1, 0.15) is 131 Å². The van der Waals surface area contributed by atoms with Gasteiger partial charge in [-0.2, -0.15) is 0 Å². The van der Waals surface area contributed by atoms with Crippen molar-refractivity contribution in [2.45, 2.75) is 155 Å². The molecule has 0 saturated heterocycles. The maximum absolute atomic E-state index is 13.6. The number of hydrogen-bond donors (Lipinski definition) is 3. The molecule has 4 N–H and O–H groups in total. The highest BCUT2D eigenvalue weighted by Crippen LogP contribution is 2.16. The Morgan fingerprint density at radius 3 is 1.73 bits per heavy atom. The Labute approximate surface area is 224 Å². The second kappa shape index (κ2) is 19.0. The molecule has 0 radical (unpaired) electrons. The summed E-state index contributed by atoms with van der Waals surface area (Å²) in [5.74, 6) is -2.81. The minimum absolute atomic E-state index is 0.271. The average molecular weight is 528 g/mol. The molecule has 9 heteroatoms. The quantitative estimate of drug-likeness (QED) is 0.187. The number of unbranched alkanes of at least 4 members (excludes halogenated alkanes) is 10. The van der Waals surface area contributed by atoms with Crippen molar-refractivity contribution < 1.29 is 29.0 Å². The predicted molar refractivity (Wildman–Crippen MR) is 146 cm³/mol. The fourth-order valence-corrected chi connectivity index (χ4v) is 4.05. The van der Waals surface area contributed by atoms with E-state index in [4.69, 9.17) is 10.5 Å². The van der Waals surface area contributed by atoms with Crippen LogP contribution in [0.15, 0.2) is 0 Å². The number of carbonyl (C=O) groups excluding carboxylic acids is 3. The molecule has 0 saturated carbocycles. The highest BCUT2D eigenvalue weighted by molar-refractivity contribution is 6.03. The number of nitrogens with zero attached hydrogens (tertiary/aromatic N) is 1. The first-order valence-corrected chi connectivity index (χ1v) is 14.2. The Morgan fingerprint density at radius 2 is 1.27 bits per heavy atom. The predicted octanol–water partition coefficient (Wildman–Crippen LogP) is 5.54. The van der Waals surface area contributed by atoms with Crippen molar-refractivity contribution >= 4 is 23.9 Å². The zero-order valence-corrected chi connectivity index (χ0v) is 24.1. The van der Waals surface area contributed by atoms with Gasteiger partial charge in [-0.25, -0.2) is 9.59 Å². The van der Waals surface area contributed by atoms with Crippen LogP contribution in [0.5, 0.6) is 0 Å². The minimum atomic E-state index is -1.41. The first-order chi connectivity index (χ1) is 17.4. The SMILES string of the molecule is CCCCCCCCC(N)C(=O)N(C(=O)C(CCCCCCCC)NC(=O)OC(C)(C)C)C(C)C(=O)O. The van der Waals surface area contributed by atoms with Gasteiger partial charge in [0.15, 0.2) is 0 Å². The van der Waals surface area contributed by atoms with E-state index in [0.29, 0.717) is 12.8 Å². The first-order valence-electron chi connectivity index (χ1n) is 14.2. The summed E-state index contributed by atoms with van der Waals surface area (Å²) >= 11 is 0. The van der Waals surface area contributed by atoms with E-state index < -0.39 is 47.6 Å². The normalized spacial score (nSPS) is 13.9. The molecular formula is C28H53N3O6. The zero-order chi connectivity index (χ0) is 28.4. The molecule has 3 amide bonds. The summed E-state index contributed by atoms with van der Waals surface area (Å²) in [6.45, 7) is 10.7. The highest BCUT2D eigenvalue weighted by atomic mass is 16.6. The second-order valence-corrected chi connectivity index (χ2v) is 11.0. The van der Waals surface area contributed by atoms with Crippen molar-refractivity contribution in [3.05, 3.63) is 0 Å². The fraction of sp³-hybridized carbons (Fsp3) is 0.857. The molecule has 0 aliphatic carbocycles. The third-order valence-corrected chi connectivity index (χ3v) is 6.24. The topological polar surface area (TPSA) is 139 Å². The summed E-state index contributed by atoms with van der Waals surface area (Å²) in [7, 11) is 0. The number of ether oxygens (including phenoxy) is 1. The van der Waals surface area contributed by atoms with Crippen LogP contribution in [0.3, 0.4) is 0 Å². The maximum atomic E-state index is 13.6. The number of carboxylic acid groups (broad SMARTS) is 1. The van der Waals surface area contributed by atoms with Crippen molar-refractivity contribution in [3.8, 4) is 0 Å². The van der Waals surface area contributed by atoms with Crippen LogP contribution in [-0.4, -0.2) is 57.6 Å². The third kappa shape index (κ3) is 15.6. The summed E-state index contributed by atoms with van der Waals surface area (Å²) in [6, 6.07) is -3.50. The molecule has 0 spiro atoms. The minimum Gasteiger partial charge on any atom is -0.480 e. The van der Waals surface area contributed by atoms with E-state index in [1.54, 1.807) is 20.8 Å². The molecule has 216 valence electrons. The molecule has 3 atom stereocenters.